The van der Waals surface area contributed by atoms with E-state index in [1.54, 1.807) is 6.08 Å². The number of carboxylic acids is 1. The van der Waals surface area contributed by atoms with Gasteiger partial charge in [0, 0.05) is 0 Å². The number of benzene rings is 2. The maximum absolute atomic E-state index is 10.4. The molecule has 0 N–H and O–H groups in total. The van der Waals surface area contributed by atoms with Crippen molar-refractivity contribution in [2.75, 3.05) is 0 Å². The van der Waals surface area contributed by atoms with Gasteiger partial charge in [-0.1, -0.05) is 54.6 Å². The van der Waals surface area contributed by atoms with E-state index >= 15 is 0 Å². The van der Waals surface area contributed by atoms with Crippen molar-refractivity contribution in [1.82, 2.24) is 0 Å². The number of aliphatic carboxylic acids is 1. The monoisotopic (exact) mass is 260 g/mol. The smallest absolute Gasteiger partial charge is 0.545 e. The van der Waals surface area contributed by atoms with E-state index in [1.165, 1.54) is 0 Å². The fourth-order valence-corrected chi connectivity index (χ4v) is 1.92. The van der Waals surface area contributed by atoms with Gasteiger partial charge in [-0.15, -0.1) is 0 Å². The van der Waals surface area contributed by atoms with Crippen LogP contribution in [0.2, 0.25) is 0 Å². The standard InChI is InChI=1S/C16H14O2.Na/c1-12-13(10-11-16(17)18)8-5-9-15(12)14-6-3-2-4-7-14;/h2-11H,1H3,(H,17,18);/q;+1/p-1. The number of rotatable bonds is 3. The molecule has 3 heteroatoms. The summed E-state index contributed by atoms with van der Waals surface area (Å²) in [5, 5.41) is 10.4. The summed E-state index contributed by atoms with van der Waals surface area (Å²) in [4.78, 5) is 10.4. The number of hydrogen-bond donors (Lipinski definition) is 0. The van der Waals surface area contributed by atoms with Crippen LogP contribution in [0.15, 0.2) is 54.6 Å². The van der Waals surface area contributed by atoms with Crippen molar-refractivity contribution < 1.29 is 39.5 Å². The topological polar surface area (TPSA) is 40.1 Å². The average Bonchev–Trinajstić information content (AvgIpc) is 2.38. The molecule has 19 heavy (non-hydrogen) atoms. The summed E-state index contributed by atoms with van der Waals surface area (Å²) in [7, 11) is 0. The molecule has 0 unspecified atom stereocenters. The summed E-state index contributed by atoms with van der Waals surface area (Å²) in [5.74, 6) is -1.18. The normalized spacial score (nSPS) is 10.2. The summed E-state index contributed by atoms with van der Waals surface area (Å²) in [5.41, 5.74) is 4.18. The summed E-state index contributed by atoms with van der Waals surface area (Å²) >= 11 is 0. The molecule has 0 saturated carbocycles. The number of carbonyl (C=O) groups is 1. The molecule has 0 aliphatic rings. The second-order valence-corrected chi connectivity index (χ2v) is 4.04. The third kappa shape index (κ3) is 4.06. The molecule has 2 nitrogen and oxygen atoms in total. The Morgan fingerprint density at radius 3 is 2.37 bits per heavy atom. The van der Waals surface area contributed by atoms with E-state index < -0.39 is 5.97 Å². The van der Waals surface area contributed by atoms with Crippen LogP contribution >= 0.6 is 0 Å². The van der Waals surface area contributed by atoms with Gasteiger partial charge in [-0.05, 0) is 35.3 Å². The minimum absolute atomic E-state index is 0. The van der Waals surface area contributed by atoms with E-state index in [2.05, 4.69) is 0 Å². The minimum atomic E-state index is -1.18. The second-order valence-electron chi connectivity index (χ2n) is 4.04. The Hall–Kier alpha value is -1.35. The van der Waals surface area contributed by atoms with Gasteiger partial charge >= 0.3 is 29.6 Å². The van der Waals surface area contributed by atoms with Crippen LogP contribution in [0, 0.1) is 6.92 Å². The van der Waals surface area contributed by atoms with Crippen molar-refractivity contribution in [1.29, 1.82) is 0 Å². The van der Waals surface area contributed by atoms with Crippen molar-refractivity contribution in [3.05, 3.63) is 65.7 Å². The number of hydrogen-bond acceptors (Lipinski definition) is 2. The van der Waals surface area contributed by atoms with E-state index in [1.807, 2.05) is 55.5 Å². The molecule has 2 rings (SSSR count). The second kappa shape index (κ2) is 7.29. The molecule has 0 bridgehead atoms. The van der Waals surface area contributed by atoms with Crippen LogP contribution < -0.4 is 34.7 Å². The first-order valence-electron chi connectivity index (χ1n) is 5.72. The molecule has 0 spiro atoms. The van der Waals surface area contributed by atoms with Crippen LogP contribution in [0.3, 0.4) is 0 Å². The Balaban J connectivity index is 0.00000180. The zero-order chi connectivity index (χ0) is 13.0. The maximum atomic E-state index is 10.4. The van der Waals surface area contributed by atoms with Gasteiger partial charge < -0.3 is 9.90 Å². The van der Waals surface area contributed by atoms with E-state index in [0.717, 1.165) is 28.3 Å². The van der Waals surface area contributed by atoms with Crippen LogP contribution in [0.5, 0.6) is 0 Å². The van der Waals surface area contributed by atoms with Gasteiger partial charge in [0.25, 0.3) is 0 Å². The molecule has 0 fully saturated rings. The Kier molecular flexibility index (Phi) is 6.03. The first-order valence-corrected chi connectivity index (χ1v) is 5.72. The van der Waals surface area contributed by atoms with Gasteiger partial charge in [0.1, 0.15) is 0 Å². The van der Waals surface area contributed by atoms with Crippen LogP contribution in [0.4, 0.5) is 0 Å². The molecular formula is C16H13NaO2. The Morgan fingerprint density at radius 2 is 1.74 bits per heavy atom. The number of carboxylic acid groups (broad SMARTS) is 1. The van der Waals surface area contributed by atoms with Crippen LogP contribution in [-0.2, 0) is 4.79 Å². The summed E-state index contributed by atoms with van der Waals surface area (Å²) in [6, 6.07) is 15.9. The molecule has 0 saturated heterocycles. The van der Waals surface area contributed by atoms with Gasteiger partial charge in [-0.2, -0.15) is 0 Å². The van der Waals surface area contributed by atoms with Gasteiger partial charge in [0.05, 0.1) is 5.97 Å². The van der Waals surface area contributed by atoms with E-state index in [4.69, 9.17) is 0 Å². The number of carbonyl (C=O) groups excluding carboxylic acids is 1. The average molecular weight is 260 g/mol. The maximum Gasteiger partial charge on any atom is 1.00 e. The van der Waals surface area contributed by atoms with Crippen LogP contribution in [0.25, 0.3) is 17.2 Å². The van der Waals surface area contributed by atoms with Crippen molar-refractivity contribution >= 4 is 12.0 Å². The van der Waals surface area contributed by atoms with E-state index in [0.29, 0.717) is 0 Å². The predicted octanol–water partition coefficient (Wildman–Crippen LogP) is -0.571. The molecule has 0 aliphatic heterocycles. The van der Waals surface area contributed by atoms with Crippen molar-refractivity contribution in [3.63, 3.8) is 0 Å². The molecular weight excluding hydrogens is 247 g/mol. The molecule has 0 aliphatic carbocycles. The SMILES string of the molecule is Cc1c(C=CC(=O)[O-])cccc1-c1ccccc1.[Na+]. The first-order chi connectivity index (χ1) is 8.68. The molecule has 0 heterocycles. The van der Waals surface area contributed by atoms with Gasteiger partial charge in [0.15, 0.2) is 0 Å². The third-order valence-corrected chi connectivity index (χ3v) is 2.86. The zero-order valence-corrected chi connectivity index (χ0v) is 13.1. The van der Waals surface area contributed by atoms with Crippen molar-refractivity contribution in [2.24, 2.45) is 0 Å². The molecule has 2 aromatic carbocycles. The first kappa shape index (κ1) is 15.7. The summed E-state index contributed by atoms with van der Waals surface area (Å²) < 4.78 is 0. The fourth-order valence-electron chi connectivity index (χ4n) is 1.92. The Labute approximate surface area is 135 Å². The fraction of sp³-hybridized carbons (Fsp3) is 0.0625. The molecule has 90 valence electrons. The molecule has 0 amide bonds. The van der Waals surface area contributed by atoms with E-state index in [-0.39, 0.29) is 29.6 Å². The van der Waals surface area contributed by atoms with Gasteiger partial charge in [-0.25, -0.2) is 0 Å². The zero-order valence-electron chi connectivity index (χ0n) is 11.1. The van der Waals surface area contributed by atoms with Crippen molar-refractivity contribution in [3.8, 4) is 11.1 Å². The third-order valence-electron chi connectivity index (χ3n) is 2.86. The van der Waals surface area contributed by atoms with Gasteiger partial charge in [-0.3, -0.25) is 0 Å². The quantitative estimate of drug-likeness (QED) is 0.548. The summed E-state index contributed by atoms with van der Waals surface area (Å²) in [6.07, 6.45) is 2.62. The Morgan fingerprint density at radius 1 is 1.05 bits per heavy atom. The molecule has 0 aromatic heterocycles. The minimum Gasteiger partial charge on any atom is -0.545 e. The summed E-state index contributed by atoms with van der Waals surface area (Å²) in [6.45, 7) is 1.98. The Bertz CT molecular complexity index is 589. The van der Waals surface area contributed by atoms with Gasteiger partial charge in [0.2, 0.25) is 0 Å². The van der Waals surface area contributed by atoms with Crippen LogP contribution in [0.1, 0.15) is 11.1 Å². The largest absolute Gasteiger partial charge is 1.00 e. The molecule has 0 radical (unpaired) electrons. The van der Waals surface area contributed by atoms with Crippen molar-refractivity contribution in [2.45, 2.75) is 6.92 Å². The van der Waals surface area contributed by atoms with E-state index in [9.17, 15) is 9.90 Å². The predicted molar refractivity (Wildman–Crippen MR) is 70.7 cm³/mol. The molecule has 2 aromatic rings. The molecule has 0 atom stereocenters. The van der Waals surface area contributed by atoms with Crippen LogP contribution in [-0.4, -0.2) is 5.97 Å².